The molecule has 1 aliphatic heterocycles. The fraction of sp³-hybridized carbons (Fsp3) is 0.364. The van der Waals surface area contributed by atoms with Crippen molar-refractivity contribution in [2.75, 3.05) is 13.1 Å². The molecule has 6 heteroatoms. The average molecular weight is 401 g/mol. The van der Waals surface area contributed by atoms with Crippen LogP contribution in [0.4, 0.5) is 0 Å². The molecule has 3 atom stereocenters. The molecule has 0 bridgehead atoms. The maximum Gasteiger partial charge on any atom is 0.253 e. The Bertz CT molecular complexity index is 818. The topological polar surface area (TPSA) is 58.6 Å². The lowest BCUT2D eigenvalue weighted by molar-refractivity contribution is -0.143. The van der Waals surface area contributed by atoms with E-state index in [1.807, 2.05) is 49.1 Å². The summed E-state index contributed by atoms with van der Waals surface area (Å²) in [5, 5.41) is 3.36. The number of nitrogens with one attached hydrogen (secondary N) is 1. The van der Waals surface area contributed by atoms with Crippen LogP contribution < -0.4 is 5.32 Å². The zero-order valence-electron chi connectivity index (χ0n) is 16.1. The van der Waals surface area contributed by atoms with Gasteiger partial charge in [-0.25, -0.2) is 0 Å². The van der Waals surface area contributed by atoms with Gasteiger partial charge in [0.1, 0.15) is 0 Å². The highest BCUT2D eigenvalue weighted by atomic mass is 35.5. The number of hydrogen-bond acceptors (Lipinski definition) is 3. The summed E-state index contributed by atoms with van der Waals surface area (Å²) < 4.78 is 5.71. The number of halogens is 1. The third-order valence-electron chi connectivity index (χ3n) is 4.78. The molecule has 5 nitrogen and oxygen atoms in total. The summed E-state index contributed by atoms with van der Waals surface area (Å²) in [5.74, 6) is -0.300. The number of amides is 2. The molecule has 0 radical (unpaired) electrons. The van der Waals surface area contributed by atoms with Crippen molar-refractivity contribution in [3.8, 4) is 0 Å². The largest absolute Gasteiger partial charge is 0.372 e. The van der Waals surface area contributed by atoms with Crippen LogP contribution in [0.25, 0.3) is 0 Å². The van der Waals surface area contributed by atoms with Crippen molar-refractivity contribution in [2.24, 2.45) is 0 Å². The molecule has 0 aromatic heterocycles. The summed E-state index contributed by atoms with van der Waals surface area (Å²) in [7, 11) is 0. The Morgan fingerprint density at radius 2 is 1.68 bits per heavy atom. The molecule has 1 saturated heterocycles. The van der Waals surface area contributed by atoms with Crippen molar-refractivity contribution >= 4 is 23.4 Å². The van der Waals surface area contributed by atoms with Gasteiger partial charge in [0.05, 0.1) is 35.3 Å². The standard InChI is InChI=1S/C22H25ClN2O3/c1-15-13-25(14-16(2)28-15)21(26)12-20(17-8-4-3-5-9-17)24-22(27)18-10-6-7-11-19(18)23/h3-11,15-16,20H,12-14H2,1-2H3,(H,24,27). The Balaban J connectivity index is 1.77. The van der Waals surface area contributed by atoms with E-state index in [0.717, 1.165) is 5.56 Å². The number of benzene rings is 2. The molecule has 1 aliphatic rings. The number of nitrogens with zero attached hydrogens (tertiary/aromatic N) is 1. The molecular formula is C22H25ClN2O3. The second-order valence-electron chi connectivity index (χ2n) is 7.18. The van der Waals surface area contributed by atoms with E-state index in [2.05, 4.69) is 5.32 Å². The Labute approximate surface area is 170 Å². The van der Waals surface area contributed by atoms with E-state index in [9.17, 15) is 9.59 Å². The zero-order chi connectivity index (χ0) is 20.1. The molecular weight excluding hydrogens is 376 g/mol. The molecule has 1 heterocycles. The highest BCUT2D eigenvalue weighted by molar-refractivity contribution is 6.33. The van der Waals surface area contributed by atoms with Crippen molar-refractivity contribution in [3.05, 3.63) is 70.7 Å². The predicted molar refractivity (Wildman–Crippen MR) is 109 cm³/mol. The second-order valence-corrected chi connectivity index (χ2v) is 7.58. The average Bonchev–Trinajstić information content (AvgIpc) is 2.67. The van der Waals surface area contributed by atoms with Gasteiger partial charge in [-0.3, -0.25) is 9.59 Å². The van der Waals surface area contributed by atoms with Gasteiger partial charge < -0.3 is 15.0 Å². The summed E-state index contributed by atoms with van der Waals surface area (Å²) in [5.41, 5.74) is 1.27. The van der Waals surface area contributed by atoms with Crippen LogP contribution in [0, 0.1) is 0 Å². The molecule has 148 valence electrons. The molecule has 2 amide bonds. The number of ether oxygens (including phenoxy) is 1. The van der Waals surface area contributed by atoms with Crippen LogP contribution in [-0.4, -0.2) is 42.0 Å². The first kappa shape index (κ1) is 20.4. The zero-order valence-corrected chi connectivity index (χ0v) is 16.9. The molecule has 3 unspecified atom stereocenters. The van der Waals surface area contributed by atoms with Crippen molar-refractivity contribution in [1.82, 2.24) is 10.2 Å². The minimum absolute atomic E-state index is 0.000548. The maximum atomic E-state index is 13.0. The Morgan fingerprint density at radius 1 is 1.07 bits per heavy atom. The van der Waals surface area contributed by atoms with E-state index in [0.29, 0.717) is 23.7 Å². The summed E-state index contributed by atoms with van der Waals surface area (Å²) in [4.78, 5) is 27.5. The molecule has 3 rings (SSSR count). The fourth-order valence-corrected chi connectivity index (χ4v) is 3.73. The van der Waals surface area contributed by atoms with Gasteiger partial charge in [0.15, 0.2) is 0 Å². The van der Waals surface area contributed by atoms with Gasteiger partial charge in [0, 0.05) is 13.1 Å². The van der Waals surface area contributed by atoms with Gasteiger partial charge in [0.25, 0.3) is 5.91 Å². The predicted octanol–water partition coefficient (Wildman–Crippen LogP) is 3.84. The van der Waals surface area contributed by atoms with Crippen molar-refractivity contribution in [2.45, 2.75) is 38.5 Å². The van der Waals surface area contributed by atoms with E-state index >= 15 is 0 Å². The number of rotatable bonds is 5. The Morgan fingerprint density at radius 3 is 2.32 bits per heavy atom. The van der Waals surface area contributed by atoms with Gasteiger partial charge in [-0.05, 0) is 31.5 Å². The minimum Gasteiger partial charge on any atom is -0.372 e. The molecule has 0 spiro atoms. The number of carbonyl (C=O) groups excluding carboxylic acids is 2. The SMILES string of the molecule is CC1CN(C(=O)CC(NC(=O)c2ccccc2Cl)c2ccccc2)CC(C)O1. The van der Waals surface area contributed by atoms with Crippen LogP contribution in [-0.2, 0) is 9.53 Å². The minimum atomic E-state index is -0.439. The van der Waals surface area contributed by atoms with Crippen LogP contribution >= 0.6 is 11.6 Å². The monoisotopic (exact) mass is 400 g/mol. The van der Waals surface area contributed by atoms with E-state index in [-0.39, 0.29) is 30.4 Å². The van der Waals surface area contributed by atoms with E-state index in [4.69, 9.17) is 16.3 Å². The quantitative estimate of drug-likeness (QED) is 0.829. The Kier molecular flexibility index (Phi) is 6.70. The van der Waals surface area contributed by atoms with Gasteiger partial charge in [-0.15, -0.1) is 0 Å². The lowest BCUT2D eigenvalue weighted by Gasteiger charge is -2.36. The summed E-state index contributed by atoms with van der Waals surface area (Å²) in [6.45, 7) is 5.04. The van der Waals surface area contributed by atoms with Crippen molar-refractivity contribution < 1.29 is 14.3 Å². The van der Waals surface area contributed by atoms with Crippen molar-refractivity contribution in [1.29, 1.82) is 0 Å². The number of carbonyl (C=O) groups is 2. The first-order valence-corrected chi connectivity index (χ1v) is 9.85. The van der Waals surface area contributed by atoms with Crippen molar-refractivity contribution in [3.63, 3.8) is 0 Å². The first-order valence-electron chi connectivity index (χ1n) is 9.47. The van der Waals surface area contributed by atoms with Gasteiger partial charge in [0.2, 0.25) is 5.91 Å². The van der Waals surface area contributed by atoms with Crippen LogP contribution in [0.1, 0.15) is 42.2 Å². The highest BCUT2D eigenvalue weighted by Crippen LogP contribution is 2.22. The summed E-state index contributed by atoms with van der Waals surface area (Å²) in [6.07, 6.45) is 0.181. The van der Waals surface area contributed by atoms with Gasteiger partial charge in [-0.1, -0.05) is 54.1 Å². The third-order valence-corrected chi connectivity index (χ3v) is 5.11. The molecule has 1 N–H and O–H groups in total. The molecule has 28 heavy (non-hydrogen) atoms. The van der Waals surface area contributed by atoms with Crippen LogP contribution in [0.5, 0.6) is 0 Å². The number of hydrogen-bond donors (Lipinski definition) is 1. The summed E-state index contributed by atoms with van der Waals surface area (Å²) in [6, 6.07) is 16.0. The lowest BCUT2D eigenvalue weighted by Crippen LogP contribution is -2.49. The van der Waals surface area contributed by atoms with Crippen LogP contribution in [0.3, 0.4) is 0 Å². The van der Waals surface area contributed by atoms with E-state index in [1.165, 1.54) is 0 Å². The normalized spacial score (nSPS) is 20.5. The molecule has 0 saturated carbocycles. The van der Waals surface area contributed by atoms with Crippen LogP contribution in [0.2, 0.25) is 5.02 Å². The molecule has 1 fully saturated rings. The maximum absolute atomic E-state index is 13.0. The van der Waals surface area contributed by atoms with E-state index < -0.39 is 6.04 Å². The molecule has 2 aromatic rings. The number of morpholine rings is 1. The van der Waals surface area contributed by atoms with E-state index in [1.54, 1.807) is 24.3 Å². The van der Waals surface area contributed by atoms with Gasteiger partial charge >= 0.3 is 0 Å². The first-order chi connectivity index (χ1) is 13.4. The summed E-state index contributed by atoms with van der Waals surface area (Å²) >= 11 is 6.16. The highest BCUT2D eigenvalue weighted by Gasteiger charge is 2.28. The van der Waals surface area contributed by atoms with Crippen LogP contribution in [0.15, 0.2) is 54.6 Å². The lowest BCUT2D eigenvalue weighted by atomic mass is 10.0. The van der Waals surface area contributed by atoms with Gasteiger partial charge in [-0.2, -0.15) is 0 Å². The molecule has 2 aromatic carbocycles. The fourth-order valence-electron chi connectivity index (χ4n) is 3.50. The molecule has 0 aliphatic carbocycles. The second kappa shape index (κ2) is 9.22. The third kappa shape index (κ3) is 5.12. The smallest absolute Gasteiger partial charge is 0.253 e. The Hall–Kier alpha value is -2.37.